The van der Waals surface area contributed by atoms with Gasteiger partial charge in [0.2, 0.25) is 5.91 Å². The lowest BCUT2D eigenvalue weighted by Gasteiger charge is -2.22. The van der Waals surface area contributed by atoms with Crippen molar-refractivity contribution < 1.29 is 4.79 Å². The van der Waals surface area contributed by atoms with E-state index in [1.165, 1.54) is 15.6 Å². The molecule has 0 aliphatic carbocycles. The third kappa shape index (κ3) is 3.62. The van der Waals surface area contributed by atoms with E-state index in [2.05, 4.69) is 55.1 Å². The molecule has 30 heavy (non-hydrogen) atoms. The maximum atomic E-state index is 12.8. The van der Waals surface area contributed by atoms with Gasteiger partial charge in [0.25, 0.3) is 5.56 Å². The number of H-pyrrole nitrogens is 1. The summed E-state index contributed by atoms with van der Waals surface area (Å²) in [4.78, 5) is 37.9. The van der Waals surface area contributed by atoms with Gasteiger partial charge in [0.1, 0.15) is 28.7 Å². The summed E-state index contributed by atoms with van der Waals surface area (Å²) in [6.07, 6.45) is 2.23. The van der Waals surface area contributed by atoms with Crippen LogP contribution in [0.5, 0.6) is 0 Å². The first kappa shape index (κ1) is 20.3. The Bertz CT molecular complexity index is 1260. The number of aryl methyl sites for hydroxylation is 1. The number of benzene rings is 1. The zero-order valence-electron chi connectivity index (χ0n) is 16.9. The van der Waals surface area contributed by atoms with Gasteiger partial charge < -0.3 is 10.3 Å². The zero-order valence-corrected chi connectivity index (χ0v) is 18.5. The van der Waals surface area contributed by atoms with Crippen molar-refractivity contribution in [1.29, 1.82) is 0 Å². The van der Waals surface area contributed by atoms with Crippen LogP contribution in [0.15, 0.2) is 40.0 Å². The van der Waals surface area contributed by atoms with Gasteiger partial charge in [0, 0.05) is 7.05 Å². The molecule has 0 radical (unpaired) electrons. The second-order valence-electron chi connectivity index (χ2n) is 7.36. The van der Waals surface area contributed by atoms with E-state index in [0.717, 1.165) is 17.5 Å². The molecule has 0 saturated heterocycles. The van der Waals surface area contributed by atoms with Crippen molar-refractivity contribution in [3.8, 4) is 0 Å². The fourth-order valence-corrected chi connectivity index (χ4v) is 4.04. The molecule has 9 nitrogen and oxygen atoms in total. The summed E-state index contributed by atoms with van der Waals surface area (Å²) < 4.78 is 3.22. The Morgan fingerprint density at radius 3 is 2.83 bits per heavy atom. The number of nitrogens with one attached hydrogen (secondary N) is 2. The van der Waals surface area contributed by atoms with Crippen molar-refractivity contribution in [3.05, 3.63) is 51.4 Å². The van der Waals surface area contributed by atoms with Gasteiger partial charge in [-0.15, -0.1) is 0 Å². The van der Waals surface area contributed by atoms with Gasteiger partial charge in [0.15, 0.2) is 5.65 Å². The molecule has 156 valence electrons. The molecule has 0 aliphatic heterocycles. The number of aromatic amines is 1. The van der Waals surface area contributed by atoms with Crippen LogP contribution in [-0.4, -0.2) is 35.2 Å². The van der Waals surface area contributed by atoms with Crippen molar-refractivity contribution in [2.24, 2.45) is 13.0 Å². The van der Waals surface area contributed by atoms with Gasteiger partial charge in [-0.1, -0.05) is 32.4 Å². The van der Waals surface area contributed by atoms with Crippen molar-refractivity contribution in [3.63, 3.8) is 0 Å². The molecule has 4 aromatic rings. The average Bonchev–Trinajstić information content (AvgIpc) is 3.28. The average molecular weight is 472 g/mol. The number of para-hydroxylation sites is 2. The van der Waals surface area contributed by atoms with Crippen LogP contribution in [0.1, 0.15) is 32.1 Å². The van der Waals surface area contributed by atoms with Crippen LogP contribution in [-0.2, 0) is 18.4 Å². The topological polar surface area (TPSA) is 110 Å². The van der Waals surface area contributed by atoms with E-state index >= 15 is 0 Å². The van der Waals surface area contributed by atoms with E-state index in [1.807, 2.05) is 24.3 Å². The van der Waals surface area contributed by atoms with E-state index in [4.69, 9.17) is 0 Å². The minimum Gasteiger partial charge on any atom is -0.344 e. The van der Waals surface area contributed by atoms with Gasteiger partial charge in [0.05, 0.1) is 17.1 Å². The number of aromatic nitrogens is 6. The smallest absolute Gasteiger partial charge is 0.266 e. The summed E-state index contributed by atoms with van der Waals surface area (Å²) in [5, 5.41) is 7.55. The third-order valence-electron chi connectivity index (χ3n) is 5.31. The fraction of sp³-hybridized carbons (Fsp3) is 0.350. The molecule has 0 spiro atoms. The fourth-order valence-electron chi connectivity index (χ4n) is 3.46. The summed E-state index contributed by atoms with van der Waals surface area (Å²) in [5.41, 5.74) is 1.91. The van der Waals surface area contributed by atoms with Crippen LogP contribution in [0, 0.1) is 5.92 Å². The highest BCUT2D eigenvalue weighted by atomic mass is 79.9. The van der Waals surface area contributed by atoms with E-state index in [1.54, 1.807) is 7.05 Å². The highest BCUT2D eigenvalue weighted by Gasteiger charge is 2.24. The summed E-state index contributed by atoms with van der Waals surface area (Å²) >= 11 is 3.29. The van der Waals surface area contributed by atoms with Crippen molar-refractivity contribution in [2.75, 3.05) is 0 Å². The maximum Gasteiger partial charge on any atom is 0.266 e. The van der Waals surface area contributed by atoms with Crippen LogP contribution in [0.3, 0.4) is 0 Å². The van der Waals surface area contributed by atoms with Gasteiger partial charge in [-0.2, -0.15) is 5.10 Å². The molecule has 3 aromatic heterocycles. The molecule has 2 N–H and O–H groups in total. The Kier molecular flexibility index (Phi) is 5.42. The number of imidazole rings is 1. The number of carbonyl (C=O) groups excluding carboxylic acids is 1. The molecule has 0 saturated carbocycles. The van der Waals surface area contributed by atoms with Gasteiger partial charge in [-0.3, -0.25) is 14.2 Å². The predicted molar refractivity (Wildman–Crippen MR) is 117 cm³/mol. The second-order valence-corrected chi connectivity index (χ2v) is 8.11. The molecule has 1 amide bonds. The Morgan fingerprint density at radius 2 is 2.10 bits per heavy atom. The first-order valence-corrected chi connectivity index (χ1v) is 10.5. The maximum absolute atomic E-state index is 12.8. The van der Waals surface area contributed by atoms with E-state index in [0.29, 0.717) is 21.5 Å². The first-order valence-electron chi connectivity index (χ1n) is 9.70. The highest BCUT2D eigenvalue weighted by Crippen LogP contribution is 2.24. The Balaban J connectivity index is 1.60. The number of hydrogen-bond donors (Lipinski definition) is 2. The lowest BCUT2D eigenvalue weighted by atomic mass is 9.98. The predicted octanol–water partition coefficient (Wildman–Crippen LogP) is 2.67. The Hall–Kier alpha value is -3.01. The lowest BCUT2D eigenvalue weighted by Crippen LogP contribution is -2.37. The quantitative estimate of drug-likeness (QED) is 0.449. The highest BCUT2D eigenvalue weighted by molar-refractivity contribution is 9.10. The van der Waals surface area contributed by atoms with Crippen LogP contribution < -0.4 is 10.9 Å². The summed E-state index contributed by atoms with van der Waals surface area (Å²) in [5.74, 6) is 0.568. The van der Waals surface area contributed by atoms with Crippen molar-refractivity contribution in [2.45, 2.75) is 32.9 Å². The SMILES string of the molecule is CCC(C)C(NC(=O)Cn1cnc2c(c(Br)nn2C)c1=O)c1nc2ccccc2[nH]1. The van der Waals surface area contributed by atoms with Crippen LogP contribution >= 0.6 is 15.9 Å². The molecular formula is C20H22BrN7O2. The molecule has 3 heterocycles. The van der Waals surface area contributed by atoms with E-state index < -0.39 is 0 Å². The summed E-state index contributed by atoms with van der Waals surface area (Å²) in [6.45, 7) is 3.98. The monoisotopic (exact) mass is 471 g/mol. The Labute approximate surface area is 180 Å². The van der Waals surface area contributed by atoms with E-state index in [-0.39, 0.29) is 30.0 Å². The van der Waals surface area contributed by atoms with Crippen LogP contribution in [0.4, 0.5) is 0 Å². The molecule has 0 bridgehead atoms. The van der Waals surface area contributed by atoms with E-state index in [9.17, 15) is 9.59 Å². The molecule has 2 atom stereocenters. The number of halogens is 1. The molecule has 2 unspecified atom stereocenters. The minimum atomic E-state index is -0.320. The van der Waals surface area contributed by atoms with Gasteiger partial charge in [-0.05, 0) is 34.0 Å². The number of hydrogen-bond acceptors (Lipinski definition) is 5. The van der Waals surface area contributed by atoms with Crippen LogP contribution in [0.25, 0.3) is 22.1 Å². The normalized spacial score (nSPS) is 13.6. The number of nitrogens with zero attached hydrogens (tertiary/aromatic N) is 5. The molecule has 10 heteroatoms. The van der Waals surface area contributed by atoms with Crippen molar-refractivity contribution >= 4 is 43.9 Å². The summed E-state index contributed by atoms with van der Waals surface area (Å²) in [6, 6.07) is 7.45. The van der Waals surface area contributed by atoms with Gasteiger partial charge >= 0.3 is 0 Å². The number of amides is 1. The molecule has 0 fully saturated rings. The third-order valence-corrected chi connectivity index (χ3v) is 5.87. The number of carbonyl (C=O) groups is 1. The molecule has 0 aliphatic rings. The second kappa shape index (κ2) is 8.02. The summed E-state index contributed by atoms with van der Waals surface area (Å²) in [7, 11) is 1.71. The largest absolute Gasteiger partial charge is 0.344 e. The first-order chi connectivity index (χ1) is 14.4. The van der Waals surface area contributed by atoms with Crippen molar-refractivity contribution in [1.82, 2.24) is 34.6 Å². The lowest BCUT2D eigenvalue weighted by molar-refractivity contribution is -0.122. The standard InChI is InChI=1S/C20H22BrN7O2/c1-4-11(2)16(18-23-12-7-5-6-8-13(12)24-18)25-14(29)9-28-10-22-19-15(20(28)30)17(21)26-27(19)3/h5-8,10-11,16H,4,9H2,1-3H3,(H,23,24)(H,25,29). The van der Waals surface area contributed by atoms with Crippen LogP contribution in [0.2, 0.25) is 0 Å². The zero-order chi connectivity index (χ0) is 21.4. The number of fused-ring (bicyclic) bond motifs is 2. The Morgan fingerprint density at radius 1 is 1.33 bits per heavy atom. The molecule has 1 aromatic carbocycles. The molecule has 4 rings (SSSR count). The molecular weight excluding hydrogens is 450 g/mol. The minimum absolute atomic E-state index is 0.143. The number of rotatable bonds is 6. The van der Waals surface area contributed by atoms with Gasteiger partial charge in [-0.25, -0.2) is 14.6 Å².